The minimum Gasteiger partial charge on any atom is -0.304 e. The molecule has 8 heteroatoms. The van der Waals surface area contributed by atoms with E-state index in [1.807, 2.05) is 67.6 Å². The van der Waals surface area contributed by atoms with Crippen LogP contribution in [0.3, 0.4) is 0 Å². The second-order valence-electron chi connectivity index (χ2n) is 8.08. The Balaban J connectivity index is 2.35. The number of allylic oxidation sites excluding steroid dienone is 1. The van der Waals surface area contributed by atoms with Crippen LogP contribution in [-0.2, 0) is 30.2 Å². The molecule has 3 aromatic carbocycles. The van der Waals surface area contributed by atoms with E-state index in [1.54, 1.807) is 45.0 Å². The van der Waals surface area contributed by atoms with Gasteiger partial charge in [0.25, 0.3) is 10.0 Å². The van der Waals surface area contributed by atoms with Gasteiger partial charge in [-0.3, -0.25) is 4.57 Å². The van der Waals surface area contributed by atoms with Crippen molar-refractivity contribution in [3.8, 4) is 0 Å². The molecule has 6 nitrogen and oxygen atoms in total. The number of hydrogen-bond donors (Lipinski definition) is 0. The molecule has 0 aliphatic carbocycles. The zero-order chi connectivity index (χ0) is 26.2. The number of hydrogen-bond acceptors (Lipinski definition) is 5. The molecular formula is C28H32NO5PS. The number of aryl methyl sites for hydroxylation is 1. The van der Waals surface area contributed by atoms with Crippen molar-refractivity contribution in [3.05, 3.63) is 113 Å². The first kappa shape index (κ1) is 27.7. The maximum absolute atomic E-state index is 14.2. The predicted octanol–water partition coefficient (Wildman–Crippen LogP) is 7.00. The molecular weight excluding hydrogens is 493 g/mol. The van der Waals surface area contributed by atoms with E-state index >= 15 is 0 Å². The average molecular weight is 526 g/mol. The lowest BCUT2D eigenvalue weighted by molar-refractivity contribution is 0.220. The van der Waals surface area contributed by atoms with Crippen LogP contribution >= 0.6 is 7.60 Å². The third-order valence-corrected chi connectivity index (χ3v) is 9.34. The van der Waals surface area contributed by atoms with E-state index in [9.17, 15) is 13.0 Å². The van der Waals surface area contributed by atoms with Crippen LogP contribution in [-0.4, -0.2) is 25.9 Å². The molecule has 0 unspecified atom stereocenters. The van der Waals surface area contributed by atoms with E-state index in [1.165, 1.54) is 0 Å². The Hall–Kier alpha value is -2.92. The highest BCUT2D eigenvalue weighted by Gasteiger charge is 2.40. The zero-order valence-corrected chi connectivity index (χ0v) is 22.8. The molecule has 0 fully saturated rings. The first-order valence-electron chi connectivity index (χ1n) is 11.8. The van der Waals surface area contributed by atoms with Gasteiger partial charge in [-0.25, -0.2) is 12.7 Å². The van der Waals surface area contributed by atoms with Crippen LogP contribution < -0.4 is 0 Å². The topological polar surface area (TPSA) is 72.9 Å². The van der Waals surface area contributed by atoms with Crippen molar-refractivity contribution in [3.63, 3.8) is 0 Å². The third-order valence-electron chi connectivity index (χ3n) is 5.38. The number of rotatable bonds is 11. The molecule has 0 amide bonds. The van der Waals surface area contributed by atoms with Gasteiger partial charge >= 0.3 is 7.60 Å². The van der Waals surface area contributed by atoms with Gasteiger partial charge in [0.1, 0.15) is 0 Å². The summed E-state index contributed by atoms with van der Waals surface area (Å²) < 4.78 is 54.8. The van der Waals surface area contributed by atoms with Gasteiger partial charge in [0, 0.05) is 5.57 Å². The maximum Gasteiger partial charge on any atom is 0.386 e. The van der Waals surface area contributed by atoms with Crippen LogP contribution in [0.1, 0.15) is 37.5 Å². The molecule has 190 valence electrons. The first-order chi connectivity index (χ1) is 17.2. The van der Waals surface area contributed by atoms with Crippen molar-refractivity contribution in [1.29, 1.82) is 0 Å². The van der Waals surface area contributed by atoms with Gasteiger partial charge in [0.05, 0.1) is 24.7 Å². The third kappa shape index (κ3) is 6.64. The van der Waals surface area contributed by atoms with E-state index < -0.39 is 17.6 Å². The Morgan fingerprint density at radius 1 is 0.861 bits per heavy atom. The van der Waals surface area contributed by atoms with Crippen LogP contribution in [0.5, 0.6) is 0 Å². The van der Waals surface area contributed by atoms with Crippen molar-refractivity contribution in [2.45, 2.75) is 39.1 Å². The highest BCUT2D eigenvalue weighted by molar-refractivity contribution is 7.89. The lowest BCUT2D eigenvalue weighted by Crippen LogP contribution is -2.30. The summed E-state index contributed by atoms with van der Waals surface area (Å²) in [5, 5.41) is 0. The zero-order valence-electron chi connectivity index (χ0n) is 21.0. The summed E-state index contributed by atoms with van der Waals surface area (Å²) in [6.45, 7) is 7.10. The highest BCUT2D eigenvalue weighted by Crippen LogP contribution is 2.58. The summed E-state index contributed by atoms with van der Waals surface area (Å²) in [7, 11) is -8.27. The van der Waals surface area contributed by atoms with E-state index in [-0.39, 0.29) is 30.1 Å². The second-order valence-corrected chi connectivity index (χ2v) is 11.9. The molecule has 3 rings (SSSR count). The van der Waals surface area contributed by atoms with Gasteiger partial charge in [0.2, 0.25) is 0 Å². The minimum atomic E-state index is -4.17. The van der Waals surface area contributed by atoms with E-state index in [0.717, 1.165) is 15.4 Å². The predicted molar refractivity (Wildman–Crippen MR) is 144 cm³/mol. The van der Waals surface area contributed by atoms with Gasteiger partial charge in [-0.1, -0.05) is 84.1 Å². The quantitative estimate of drug-likeness (QED) is 0.199. The van der Waals surface area contributed by atoms with Gasteiger partial charge in [-0.15, -0.1) is 0 Å². The standard InChI is InChI=1S/C28H32NO5PS/c1-5-33-35(30,34-6-2)28(21-24(4)26-15-11-8-12-16-26)29(22-25-13-9-7-10-14-25)36(31,32)27-19-17-23(3)18-20-27/h7-20H,5-6,22H2,1-4H3. The number of nitrogens with zero attached hydrogens (tertiary/aromatic N) is 1. The van der Waals surface area contributed by atoms with E-state index in [2.05, 4.69) is 5.73 Å². The molecule has 0 atom stereocenters. The Morgan fingerprint density at radius 2 is 1.39 bits per heavy atom. The molecule has 0 radical (unpaired) electrons. The fraction of sp³-hybridized carbons (Fsp3) is 0.250. The first-order valence-corrected chi connectivity index (χ1v) is 14.8. The second kappa shape index (κ2) is 12.4. The van der Waals surface area contributed by atoms with Gasteiger partial charge in [-0.05, 0) is 51.0 Å². The Labute approximate surface area is 214 Å². The summed E-state index contributed by atoms with van der Waals surface area (Å²) >= 11 is 0. The summed E-state index contributed by atoms with van der Waals surface area (Å²) in [4.78, 5) is 0.0697. The van der Waals surface area contributed by atoms with Crippen LogP contribution in [0, 0.1) is 6.92 Å². The lowest BCUT2D eigenvalue weighted by Gasteiger charge is -2.29. The summed E-state index contributed by atoms with van der Waals surface area (Å²) in [5.41, 5.74) is 6.01. The Bertz CT molecular complexity index is 1350. The Kier molecular flexibility index (Phi) is 9.49. The van der Waals surface area contributed by atoms with Crippen molar-refractivity contribution in [1.82, 2.24) is 4.31 Å². The number of benzene rings is 3. The fourth-order valence-corrected chi connectivity index (χ4v) is 7.15. The minimum absolute atomic E-state index is 0.0661. The molecule has 0 aliphatic heterocycles. The van der Waals surface area contributed by atoms with Crippen LogP contribution in [0.15, 0.2) is 101 Å². The molecule has 0 N–H and O–H groups in total. The van der Waals surface area contributed by atoms with E-state index in [4.69, 9.17) is 9.05 Å². The Morgan fingerprint density at radius 3 is 1.92 bits per heavy atom. The number of sulfonamides is 1. The van der Waals surface area contributed by atoms with Crippen molar-refractivity contribution < 1.29 is 22.0 Å². The maximum atomic E-state index is 14.2. The van der Waals surface area contributed by atoms with Crippen molar-refractivity contribution in [2.24, 2.45) is 0 Å². The summed E-state index contributed by atoms with van der Waals surface area (Å²) in [5.74, 6) is 0. The van der Waals surface area contributed by atoms with Gasteiger partial charge in [0.15, 0.2) is 5.44 Å². The summed E-state index contributed by atoms with van der Waals surface area (Å²) in [6.07, 6.45) is 0. The van der Waals surface area contributed by atoms with E-state index in [0.29, 0.717) is 11.1 Å². The molecule has 0 saturated heterocycles. The van der Waals surface area contributed by atoms with Gasteiger partial charge in [-0.2, -0.15) is 0 Å². The molecule has 3 aromatic rings. The van der Waals surface area contributed by atoms with Crippen LogP contribution in [0.2, 0.25) is 0 Å². The van der Waals surface area contributed by atoms with Crippen molar-refractivity contribution >= 4 is 23.2 Å². The molecule has 0 saturated carbocycles. The monoisotopic (exact) mass is 525 g/mol. The molecule has 0 aromatic heterocycles. The van der Waals surface area contributed by atoms with Crippen LogP contribution in [0.4, 0.5) is 0 Å². The molecule has 0 heterocycles. The highest BCUT2D eigenvalue weighted by atomic mass is 32.2. The van der Waals surface area contributed by atoms with Crippen LogP contribution in [0.25, 0.3) is 5.57 Å². The molecule has 0 spiro atoms. The molecule has 36 heavy (non-hydrogen) atoms. The average Bonchev–Trinajstić information content (AvgIpc) is 2.87. The van der Waals surface area contributed by atoms with Crippen molar-refractivity contribution in [2.75, 3.05) is 13.2 Å². The molecule has 0 bridgehead atoms. The fourth-order valence-electron chi connectivity index (χ4n) is 3.56. The normalized spacial score (nSPS) is 11.6. The smallest absolute Gasteiger partial charge is 0.304 e. The van der Waals surface area contributed by atoms with Gasteiger partial charge < -0.3 is 9.05 Å². The largest absolute Gasteiger partial charge is 0.386 e. The lowest BCUT2D eigenvalue weighted by atomic mass is 10.1. The summed E-state index contributed by atoms with van der Waals surface area (Å²) in [6, 6.07) is 25.1. The molecule has 0 aliphatic rings. The SMILES string of the molecule is CCOP(=O)(OCC)C(=C=C(C)c1ccccc1)N(Cc1ccccc1)S(=O)(=O)c1ccc(C)cc1.